The SMILES string of the molecule is CC(OC(=O)C1CC(=O)N(c2ccc3c(c2)OCCO3)C1)C(=O)Nc1ccc(N2CCOCC2)cc1. The van der Waals surface area contributed by atoms with E-state index in [-0.39, 0.29) is 18.9 Å². The minimum Gasteiger partial charge on any atom is -0.486 e. The molecule has 1 N–H and O–H groups in total. The van der Waals surface area contributed by atoms with Gasteiger partial charge in [-0.3, -0.25) is 14.4 Å². The lowest BCUT2D eigenvalue weighted by Gasteiger charge is -2.29. The Labute approximate surface area is 209 Å². The molecule has 0 radical (unpaired) electrons. The van der Waals surface area contributed by atoms with Gasteiger partial charge in [-0.25, -0.2) is 0 Å². The summed E-state index contributed by atoms with van der Waals surface area (Å²) in [5.74, 6) is -0.659. The molecule has 2 amide bonds. The summed E-state index contributed by atoms with van der Waals surface area (Å²) >= 11 is 0. The molecule has 0 spiro atoms. The normalized spacial score (nSPS) is 20.1. The molecule has 2 aromatic rings. The minimum atomic E-state index is -1.00. The van der Waals surface area contributed by atoms with Crippen molar-refractivity contribution in [3.05, 3.63) is 42.5 Å². The fraction of sp³-hybridized carbons (Fsp3) is 0.423. The molecule has 3 heterocycles. The van der Waals surface area contributed by atoms with Gasteiger partial charge >= 0.3 is 5.97 Å². The number of carbonyl (C=O) groups excluding carboxylic acids is 3. The van der Waals surface area contributed by atoms with Crippen LogP contribution >= 0.6 is 0 Å². The Morgan fingerprint density at radius 1 is 0.972 bits per heavy atom. The molecule has 10 heteroatoms. The number of carbonyl (C=O) groups is 3. The maximum absolute atomic E-state index is 12.7. The number of anilines is 3. The van der Waals surface area contributed by atoms with E-state index in [1.807, 2.05) is 24.3 Å². The Balaban J connectivity index is 1.14. The molecular formula is C26H29N3O7. The first-order chi connectivity index (χ1) is 17.5. The van der Waals surface area contributed by atoms with Gasteiger partial charge in [-0.2, -0.15) is 0 Å². The van der Waals surface area contributed by atoms with Crippen molar-refractivity contribution in [1.29, 1.82) is 0 Å². The van der Waals surface area contributed by atoms with Crippen LogP contribution in [0.5, 0.6) is 11.5 Å². The summed E-state index contributed by atoms with van der Waals surface area (Å²) in [4.78, 5) is 41.7. The first-order valence-electron chi connectivity index (χ1n) is 12.1. The van der Waals surface area contributed by atoms with E-state index in [9.17, 15) is 14.4 Å². The fourth-order valence-corrected chi connectivity index (χ4v) is 4.46. The third-order valence-corrected chi connectivity index (χ3v) is 6.47. The Hall–Kier alpha value is -3.79. The number of morpholine rings is 1. The largest absolute Gasteiger partial charge is 0.486 e. The minimum absolute atomic E-state index is 0.0185. The van der Waals surface area contributed by atoms with Gasteiger partial charge in [-0.1, -0.05) is 0 Å². The standard InChI is InChI=1S/C26H29N3O7/c1-17(25(31)27-19-2-4-20(5-3-19)28-8-10-33-11-9-28)36-26(32)18-14-24(30)29(16-18)21-6-7-22-23(15-21)35-13-12-34-22/h2-7,15,17-18H,8-14,16H2,1H3,(H,27,31). The molecule has 0 bridgehead atoms. The summed E-state index contributed by atoms with van der Waals surface area (Å²) < 4.78 is 21.9. The van der Waals surface area contributed by atoms with Crippen LogP contribution in [0.2, 0.25) is 0 Å². The van der Waals surface area contributed by atoms with Gasteiger partial charge in [-0.05, 0) is 43.3 Å². The Morgan fingerprint density at radius 3 is 2.42 bits per heavy atom. The zero-order valence-corrected chi connectivity index (χ0v) is 20.1. The molecule has 190 valence electrons. The summed E-state index contributed by atoms with van der Waals surface area (Å²) in [6.07, 6.45) is -0.986. The lowest BCUT2D eigenvalue weighted by Crippen LogP contribution is -2.36. The van der Waals surface area contributed by atoms with Crippen molar-refractivity contribution in [3.8, 4) is 11.5 Å². The van der Waals surface area contributed by atoms with Gasteiger partial charge < -0.3 is 34.1 Å². The third-order valence-electron chi connectivity index (χ3n) is 6.47. The number of esters is 1. The predicted octanol–water partition coefficient (Wildman–Crippen LogP) is 2.22. The first-order valence-corrected chi connectivity index (χ1v) is 12.1. The number of hydrogen-bond acceptors (Lipinski definition) is 8. The molecule has 5 rings (SSSR count). The fourth-order valence-electron chi connectivity index (χ4n) is 4.46. The van der Waals surface area contributed by atoms with Crippen LogP contribution in [0.25, 0.3) is 0 Å². The van der Waals surface area contributed by atoms with Gasteiger partial charge in [0.15, 0.2) is 17.6 Å². The van der Waals surface area contributed by atoms with Crippen LogP contribution in [0.3, 0.4) is 0 Å². The summed E-state index contributed by atoms with van der Waals surface area (Å²) in [6.45, 7) is 5.67. The van der Waals surface area contributed by atoms with E-state index in [2.05, 4.69) is 10.2 Å². The van der Waals surface area contributed by atoms with Crippen molar-refractivity contribution >= 4 is 34.8 Å². The molecule has 2 saturated heterocycles. The summed E-state index contributed by atoms with van der Waals surface area (Å²) in [7, 11) is 0. The second-order valence-electron chi connectivity index (χ2n) is 8.95. The van der Waals surface area contributed by atoms with Crippen molar-refractivity contribution < 1.29 is 33.3 Å². The highest BCUT2D eigenvalue weighted by Crippen LogP contribution is 2.36. The molecule has 0 aromatic heterocycles. The highest BCUT2D eigenvalue weighted by atomic mass is 16.6. The topological polar surface area (TPSA) is 107 Å². The molecule has 3 aliphatic rings. The molecule has 36 heavy (non-hydrogen) atoms. The number of hydrogen-bond donors (Lipinski definition) is 1. The van der Waals surface area contributed by atoms with E-state index < -0.39 is 23.9 Å². The number of nitrogens with zero attached hydrogens (tertiary/aromatic N) is 2. The van der Waals surface area contributed by atoms with Crippen molar-refractivity contribution in [2.45, 2.75) is 19.4 Å². The van der Waals surface area contributed by atoms with E-state index in [1.54, 1.807) is 18.2 Å². The number of ether oxygens (including phenoxy) is 4. The number of benzene rings is 2. The molecular weight excluding hydrogens is 466 g/mol. The highest BCUT2D eigenvalue weighted by Gasteiger charge is 2.37. The molecule has 2 atom stereocenters. The second-order valence-corrected chi connectivity index (χ2v) is 8.95. The van der Waals surface area contributed by atoms with E-state index in [0.29, 0.717) is 49.3 Å². The lowest BCUT2D eigenvalue weighted by atomic mass is 10.1. The molecule has 2 unspecified atom stereocenters. The van der Waals surface area contributed by atoms with Crippen LogP contribution < -0.4 is 24.6 Å². The van der Waals surface area contributed by atoms with Gasteiger partial charge in [0, 0.05) is 49.2 Å². The molecule has 3 aliphatic heterocycles. The van der Waals surface area contributed by atoms with Crippen LogP contribution in [0.15, 0.2) is 42.5 Å². The monoisotopic (exact) mass is 495 g/mol. The van der Waals surface area contributed by atoms with Crippen LogP contribution in [-0.2, 0) is 23.9 Å². The first kappa shape index (κ1) is 23.9. The van der Waals surface area contributed by atoms with Crippen molar-refractivity contribution in [2.75, 3.05) is 61.2 Å². The summed E-state index contributed by atoms with van der Waals surface area (Å²) in [5.41, 5.74) is 2.30. The maximum atomic E-state index is 12.7. The zero-order valence-electron chi connectivity index (χ0n) is 20.1. The van der Waals surface area contributed by atoms with Gasteiger partial charge in [0.1, 0.15) is 13.2 Å². The Morgan fingerprint density at radius 2 is 1.67 bits per heavy atom. The quantitative estimate of drug-likeness (QED) is 0.608. The molecule has 2 fully saturated rings. The number of nitrogens with one attached hydrogen (secondary N) is 1. The molecule has 0 aliphatic carbocycles. The maximum Gasteiger partial charge on any atom is 0.312 e. The van der Waals surface area contributed by atoms with Crippen LogP contribution in [0, 0.1) is 5.92 Å². The smallest absolute Gasteiger partial charge is 0.312 e. The van der Waals surface area contributed by atoms with E-state index >= 15 is 0 Å². The predicted molar refractivity (Wildman–Crippen MR) is 132 cm³/mol. The third kappa shape index (κ3) is 5.23. The Kier molecular flexibility index (Phi) is 6.95. The van der Waals surface area contributed by atoms with Crippen LogP contribution in [-0.4, -0.2) is 69.9 Å². The van der Waals surface area contributed by atoms with E-state index in [0.717, 1.165) is 18.8 Å². The lowest BCUT2D eigenvalue weighted by molar-refractivity contribution is -0.157. The molecule has 2 aromatic carbocycles. The summed E-state index contributed by atoms with van der Waals surface area (Å²) in [6, 6.07) is 12.8. The molecule has 10 nitrogen and oxygen atoms in total. The Bertz CT molecular complexity index is 1130. The van der Waals surface area contributed by atoms with Crippen LogP contribution in [0.4, 0.5) is 17.1 Å². The van der Waals surface area contributed by atoms with Crippen molar-refractivity contribution in [3.63, 3.8) is 0 Å². The average Bonchev–Trinajstić information content (AvgIpc) is 3.31. The van der Waals surface area contributed by atoms with Gasteiger partial charge in [0.25, 0.3) is 5.91 Å². The summed E-state index contributed by atoms with van der Waals surface area (Å²) in [5, 5.41) is 2.78. The van der Waals surface area contributed by atoms with Gasteiger partial charge in [0.2, 0.25) is 5.91 Å². The number of fused-ring (bicyclic) bond motifs is 1. The zero-order chi connectivity index (χ0) is 25.1. The van der Waals surface area contributed by atoms with E-state index in [4.69, 9.17) is 18.9 Å². The second kappa shape index (κ2) is 10.4. The highest BCUT2D eigenvalue weighted by molar-refractivity contribution is 6.00. The van der Waals surface area contributed by atoms with E-state index in [1.165, 1.54) is 11.8 Å². The van der Waals surface area contributed by atoms with Crippen molar-refractivity contribution in [2.24, 2.45) is 5.92 Å². The number of amides is 2. The van der Waals surface area contributed by atoms with Gasteiger partial charge in [0.05, 0.1) is 19.1 Å². The molecule has 0 saturated carbocycles. The average molecular weight is 496 g/mol. The van der Waals surface area contributed by atoms with Crippen LogP contribution in [0.1, 0.15) is 13.3 Å². The van der Waals surface area contributed by atoms with Crippen molar-refractivity contribution in [1.82, 2.24) is 0 Å². The van der Waals surface area contributed by atoms with Gasteiger partial charge in [-0.15, -0.1) is 0 Å². The number of rotatable bonds is 6.